The smallest absolute Gasteiger partial charge is 0.410 e. The van der Waals surface area contributed by atoms with E-state index in [1.54, 1.807) is 11.1 Å². The first-order valence-corrected chi connectivity index (χ1v) is 12.9. The number of pyridine rings is 1. The van der Waals surface area contributed by atoms with Gasteiger partial charge in [-0.15, -0.1) is 0 Å². The zero-order valence-corrected chi connectivity index (χ0v) is 22.7. The predicted octanol–water partition coefficient (Wildman–Crippen LogP) is 4.19. The maximum atomic E-state index is 13.9. The van der Waals surface area contributed by atoms with Crippen LogP contribution in [0.5, 0.6) is 0 Å². The number of aliphatic hydroxyl groups is 1. The lowest BCUT2D eigenvalue weighted by Gasteiger charge is -2.41. The van der Waals surface area contributed by atoms with Crippen molar-refractivity contribution in [3.8, 4) is 0 Å². The van der Waals surface area contributed by atoms with Crippen LogP contribution in [0.4, 0.5) is 20.7 Å². The molecule has 5 rings (SSSR count). The van der Waals surface area contributed by atoms with Gasteiger partial charge in [0.05, 0.1) is 18.2 Å². The molecule has 4 heterocycles. The Balaban J connectivity index is 1.38. The Bertz CT molecular complexity index is 1380. The topological polar surface area (TPSA) is 104 Å². The van der Waals surface area contributed by atoms with Crippen molar-refractivity contribution < 1.29 is 28.6 Å². The molecule has 206 valence electrons. The first kappa shape index (κ1) is 26.7. The fourth-order valence-corrected chi connectivity index (χ4v) is 5.12. The van der Waals surface area contributed by atoms with Gasteiger partial charge >= 0.3 is 6.09 Å². The van der Waals surface area contributed by atoms with Crippen molar-refractivity contribution in [3.05, 3.63) is 65.3 Å². The molecule has 3 aliphatic heterocycles. The van der Waals surface area contributed by atoms with Crippen molar-refractivity contribution in [2.24, 2.45) is 0 Å². The lowest BCUT2D eigenvalue weighted by molar-refractivity contribution is -0.111. The summed E-state index contributed by atoms with van der Waals surface area (Å²) in [5, 5.41) is 12.8. The molecule has 3 aliphatic rings. The fourth-order valence-electron chi connectivity index (χ4n) is 5.12. The number of fused-ring (bicyclic) bond motifs is 1. The lowest BCUT2D eigenvalue weighted by Crippen LogP contribution is -2.57. The molecule has 0 radical (unpaired) electrons. The summed E-state index contributed by atoms with van der Waals surface area (Å²) in [5.41, 5.74) is 1.60. The predicted molar refractivity (Wildman–Crippen MR) is 145 cm³/mol. The minimum Gasteiger partial charge on any atom is -0.482 e. The number of piperazine rings is 1. The van der Waals surface area contributed by atoms with E-state index in [1.165, 1.54) is 18.2 Å². The van der Waals surface area contributed by atoms with E-state index in [9.17, 15) is 19.1 Å². The third-order valence-electron chi connectivity index (χ3n) is 6.96. The van der Waals surface area contributed by atoms with Crippen LogP contribution < -0.4 is 10.2 Å². The van der Waals surface area contributed by atoms with Crippen molar-refractivity contribution in [3.63, 3.8) is 0 Å². The monoisotopic (exact) mass is 536 g/mol. The number of aliphatic hydroxyl groups excluding tert-OH is 1. The second kappa shape index (κ2) is 9.68. The van der Waals surface area contributed by atoms with E-state index >= 15 is 0 Å². The average molecular weight is 537 g/mol. The highest BCUT2D eigenvalue weighted by Gasteiger charge is 2.38. The highest BCUT2D eigenvalue weighted by atomic mass is 19.1. The van der Waals surface area contributed by atoms with Gasteiger partial charge in [0.1, 0.15) is 28.6 Å². The number of allylic oxidation sites excluding steroid dienone is 1. The Hall–Kier alpha value is -3.92. The van der Waals surface area contributed by atoms with Crippen molar-refractivity contribution in [1.82, 2.24) is 9.88 Å². The Morgan fingerprint density at radius 1 is 1.26 bits per heavy atom. The number of benzene rings is 1. The molecule has 0 aliphatic carbocycles. The molecule has 39 heavy (non-hydrogen) atoms. The molecule has 9 nitrogen and oxygen atoms in total. The number of nitrogens with one attached hydrogen (secondary N) is 1. The number of amides is 2. The minimum atomic E-state index is -0.755. The van der Waals surface area contributed by atoms with Crippen LogP contribution in [0, 0.1) is 5.82 Å². The number of carbonyl (C=O) groups excluding carboxylic acids is 2. The van der Waals surface area contributed by atoms with Gasteiger partial charge in [-0.1, -0.05) is 0 Å². The molecular formula is C29H33FN4O5. The van der Waals surface area contributed by atoms with E-state index in [1.807, 2.05) is 57.7 Å². The molecule has 0 bridgehead atoms. The van der Waals surface area contributed by atoms with Crippen LogP contribution in [0.1, 0.15) is 45.7 Å². The summed E-state index contributed by atoms with van der Waals surface area (Å²) in [6.07, 6.45) is 3.14. The van der Waals surface area contributed by atoms with Gasteiger partial charge in [0, 0.05) is 48.2 Å². The first-order chi connectivity index (χ1) is 18.4. The maximum Gasteiger partial charge on any atom is 0.410 e. The number of hydrogen-bond acceptors (Lipinski definition) is 7. The number of ether oxygens (including phenoxy) is 2. The van der Waals surface area contributed by atoms with E-state index in [0.29, 0.717) is 48.0 Å². The van der Waals surface area contributed by atoms with Gasteiger partial charge in [-0.2, -0.15) is 0 Å². The number of hydrogen-bond donors (Lipinski definition) is 2. The number of rotatable bonds is 3. The van der Waals surface area contributed by atoms with E-state index < -0.39 is 23.1 Å². The van der Waals surface area contributed by atoms with Crippen molar-refractivity contribution in [1.29, 1.82) is 0 Å². The third-order valence-corrected chi connectivity index (χ3v) is 6.96. The molecule has 2 aromatic rings. The van der Waals surface area contributed by atoms with Gasteiger partial charge in [0.2, 0.25) is 0 Å². The summed E-state index contributed by atoms with van der Waals surface area (Å²) in [6, 6.07) is 7.64. The SMILES string of the molecule is CC(C)(C)OC(=O)N1CCN(c2ccc(C3=C/C(=C4\C(=O)Nc5ccc(F)cc54)OC3(C)C)cn2)C(CO)C1. The minimum absolute atomic E-state index is 0.143. The van der Waals surface area contributed by atoms with Gasteiger partial charge in [0.25, 0.3) is 5.91 Å². The van der Waals surface area contributed by atoms with Gasteiger partial charge in [-0.25, -0.2) is 14.2 Å². The first-order valence-electron chi connectivity index (χ1n) is 12.9. The van der Waals surface area contributed by atoms with E-state index in [4.69, 9.17) is 9.47 Å². The van der Waals surface area contributed by atoms with Gasteiger partial charge in [-0.05, 0) is 71.0 Å². The van der Waals surface area contributed by atoms with E-state index in [-0.39, 0.29) is 18.6 Å². The van der Waals surface area contributed by atoms with Crippen LogP contribution in [-0.2, 0) is 14.3 Å². The van der Waals surface area contributed by atoms with E-state index in [2.05, 4.69) is 10.3 Å². The molecule has 0 spiro atoms. The summed E-state index contributed by atoms with van der Waals surface area (Å²) in [7, 11) is 0. The Labute approximate surface area is 226 Å². The van der Waals surface area contributed by atoms with Gasteiger partial charge in [0.15, 0.2) is 0 Å². The molecule has 2 amide bonds. The summed E-state index contributed by atoms with van der Waals surface area (Å²) in [4.78, 5) is 33.5. The number of anilines is 2. The van der Waals surface area contributed by atoms with E-state index in [0.717, 1.165) is 11.1 Å². The molecule has 1 saturated heterocycles. The molecule has 1 aromatic heterocycles. The van der Waals surface area contributed by atoms with Gasteiger partial charge in [-0.3, -0.25) is 4.79 Å². The van der Waals surface area contributed by atoms with Crippen molar-refractivity contribution in [2.75, 3.05) is 36.5 Å². The molecule has 1 unspecified atom stereocenters. The Morgan fingerprint density at radius 3 is 2.69 bits per heavy atom. The summed E-state index contributed by atoms with van der Waals surface area (Å²) < 4.78 is 25.6. The molecule has 1 fully saturated rings. The fraction of sp³-hybridized carbons (Fsp3) is 0.414. The number of aromatic nitrogens is 1. The zero-order valence-electron chi connectivity index (χ0n) is 22.7. The summed E-state index contributed by atoms with van der Waals surface area (Å²) >= 11 is 0. The average Bonchev–Trinajstić information content (AvgIpc) is 3.36. The zero-order chi connectivity index (χ0) is 28.1. The lowest BCUT2D eigenvalue weighted by atomic mass is 9.93. The number of halogens is 1. The van der Waals surface area contributed by atoms with Crippen molar-refractivity contribution >= 4 is 34.7 Å². The second-order valence-electron chi connectivity index (χ2n) is 11.4. The maximum absolute atomic E-state index is 13.9. The number of carbonyl (C=O) groups is 2. The standard InChI is InChI=1S/C29H33FN4O5/c1-28(2,3)39-27(37)33-10-11-34(19(15-33)16-35)24-9-6-17(14-31-24)21-13-23(38-29(21,4)5)25-20-12-18(30)7-8-22(20)32-26(25)36/h6-9,12-14,19,35H,10-11,15-16H2,1-5H3,(H,32,36)/b25-23+. The number of nitrogens with zero attached hydrogens (tertiary/aromatic N) is 3. The Morgan fingerprint density at radius 2 is 2.03 bits per heavy atom. The molecule has 2 N–H and O–H groups in total. The second-order valence-corrected chi connectivity index (χ2v) is 11.4. The van der Waals surface area contributed by atoms with Crippen LogP contribution in [-0.4, -0.2) is 70.5 Å². The summed E-state index contributed by atoms with van der Waals surface area (Å²) in [6.45, 7) is 10.4. The van der Waals surface area contributed by atoms with Crippen LogP contribution in [0.15, 0.2) is 48.4 Å². The quantitative estimate of drug-likeness (QED) is 0.567. The van der Waals surface area contributed by atoms with Crippen LogP contribution in [0.3, 0.4) is 0 Å². The van der Waals surface area contributed by atoms with Gasteiger partial charge < -0.3 is 29.7 Å². The Kier molecular flexibility index (Phi) is 6.62. The molecule has 10 heteroatoms. The molecular weight excluding hydrogens is 503 g/mol. The molecule has 0 saturated carbocycles. The van der Waals surface area contributed by atoms with Crippen LogP contribution >= 0.6 is 0 Å². The normalized spacial score (nSPS) is 22.3. The third kappa shape index (κ3) is 5.21. The summed E-state index contributed by atoms with van der Waals surface area (Å²) in [5.74, 6) is 0.280. The van der Waals surface area contributed by atoms with Crippen LogP contribution in [0.2, 0.25) is 0 Å². The van der Waals surface area contributed by atoms with Crippen LogP contribution in [0.25, 0.3) is 11.1 Å². The highest BCUT2D eigenvalue weighted by molar-refractivity contribution is 6.32. The molecule has 1 aromatic carbocycles. The largest absolute Gasteiger partial charge is 0.482 e. The molecule has 1 atom stereocenters. The highest BCUT2D eigenvalue weighted by Crippen LogP contribution is 2.44. The van der Waals surface area contributed by atoms with Crippen molar-refractivity contribution in [2.45, 2.75) is 51.9 Å².